The number of benzene rings is 1. The molecule has 0 unspecified atom stereocenters. The minimum atomic E-state index is 0.0166. The fraction of sp³-hybridized carbons (Fsp3) is 0.364. The van der Waals surface area contributed by atoms with Crippen molar-refractivity contribution in [3.05, 3.63) is 48.7 Å². The molecule has 3 aromatic rings. The zero-order valence-electron chi connectivity index (χ0n) is 16.2. The molecule has 0 aliphatic rings. The number of unbranched alkanes of at least 4 members (excludes halogenated alkanes) is 1. The third-order valence-corrected chi connectivity index (χ3v) is 4.90. The maximum absolute atomic E-state index is 12.9. The Bertz CT molecular complexity index is 900. The van der Waals surface area contributed by atoms with E-state index < -0.39 is 0 Å². The highest BCUT2D eigenvalue weighted by Crippen LogP contribution is 2.30. The van der Waals surface area contributed by atoms with Crippen LogP contribution in [0.15, 0.2) is 48.7 Å². The molecule has 142 valence electrons. The van der Waals surface area contributed by atoms with E-state index in [0.29, 0.717) is 0 Å². The fourth-order valence-corrected chi connectivity index (χ4v) is 3.26. The molecule has 5 heteroatoms. The lowest BCUT2D eigenvalue weighted by Gasteiger charge is -2.15. The summed E-state index contributed by atoms with van der Waals surface area (Å²) in [4.78, 5) is 17.6. The van der Waals surface area contributed by atoms with E-state index >= 15 is 0 Å². The average molecular weight is 365 g/mol. The summed E-state index contributed by atoms with van der Waals surface area (Å²) < 4.78 is 7.18. The molecule has 0 saturated carbocycles. The first kappa shape index (κ1) is 19.0. The van der Waals surface area contributed by atoms with E-state index in [-0.39, 0.29) is 11.8 Å². The van der Waals surface area contributed by atoms with Crippen molar-refractivity contribution >= 4 is 17.4 Å². The second-order valence-corrected chi connectivity index (χ2v) is 6.70. The van der Waals surface area contributed by atoms with E-state index in [1.165, 1.54) is 0 Å². The Morgan fingerprint density at radius 3 is 2.63 bits per heavy atom. The number of fused-ring (bicyclic) bond motifs is 1. The van der Waals surface area contributed by atoms with Crippen LogP contribution in [-0.2, 0) is 4.79 Å². The van der Waals surface area contributed by atoms with Crippen LogP contribution in [0.3, 0.4) is 0 Å². The lowest BCUT2D eigenvalue weighted by molar-refractivity contribution is -0.120. The number of hydrogen-bond acceptors (Lipinski definition) is 3. The van der Waals surface area contributed by atoms with E-state index in [1.54, 1.807) is 7.11 Å². The number of pyridine rings is 1. The van der Waals surface area contributed by atoms with Gasteiger partial charge in [0.1, 0.15) is 22.9 Å². The van der Waals surface area contributed by atoms with Crippen LogP contribution in [0, 0.1) is 5.92 Å². The number of aromatic nitrogens is 2. The number of carbonyl (C=O) groups excluding carboxylic acids is 1. The summed E-state index contributed by atoms with van der Waals surface area (Å²) in [7, 11) is 1.65. The van der Waals surface area contributed by atoms with Crippen LogP contribution in [0.5, 0.6) is 5.75 Å². The van der Waals surface area contributed by atoms with Crippen molar-refractivity contribution in [2.45, 2.75) is 39.5 Å². The van der Waals surface area contributed by atoms with Gasteiger partial charge >= 0.3 is 0 Å². The second-order valence-electron chi connectivity index (χ2n) is 6.70. The second kappa shape index (κ2) is 8.71. The molecule has 27 heavy (non-hydrogen) atoms. The molecule has 2 heterocycles. The van der Waals surface area contributed by atoms with Gasteiger partial charge in [-0.25, -0.2) is 4.98 Å². The van der Waals surface area contributed by atoms with Crippen LogP contribution in [-0.4, -0.2) is 22.4 Å². The molecule has 1 N–H and O–H groups in total. The van der Waals surface area contributed by atoms with Crippen molar-refractivity contribution in [3.8, 4) is 17.0 Å². The van der Waals surface area contributed by atoms with E-state index in [0.717, 1.165) is 54.2 Å². The smallest absolute Gasteiger partial charge is 0.228 e. The quantitative estimate of drug-likeness (QED) is 0.599. The summed E-state index contributed by atoms with van der Waals surface area (Å²) in [6.45, 7) is 4.22. The first-order chi connectivity index (χ1) is 13.2. The number of nitrogens with one attached hydrogen (secondary N) is 1. The number of methoxy groups -OCH3 is 1. The third-order valence-electron chi connectivity index (χ3n) is 4.90. The van der Waals surface area contributed by atoms with Crippen molar-refractivity contribution in [2.24, 2.45) is 5.92 Å². The van der Waals surface area contributed by atoms with E-state index in [2.05, 4.69) is 19.2 Å². The lowest BCUT2D eigenvalue weighted by Crippen LogP contribution is -2.23. The Morgan fingerprint density at radius 1 is 1.19 bits per heavy atom. The molecular formula is C22H27N3O2. The number of amides is 1. The highest BCUT2D eigenvalue weighted by molar-refractivity contribution is 5.96. The predicted octanol–water partition coefficient (Wildman–Crippen LogP) is 5.16. The average Bonchev–Trinajstić information content (AvgIpc) is 3.07. The van der Waals surface area contributed by atoms with Crippen molar-refractivity contribution in [1.29, 1.82) is 0 Å². The van der Waals surface area contributed by atoms with E-state index in [4.69, 9.17) is 9.72 Å². The molecule has 3 rings (SSSR count). The largest absolute Gasteiger partial charge is 0.497 e. The summed E-state index contributed by atoms with van der Waals surface area (Å²) in [6, 6.07) is 13.6. The molecule has 1 atom stereocenters. The molecule has 0 bridgehead atoms. The summed E-state index contributed by atoms with van der Waals surface area (Å²) >= 11 is 0. The molecule has 1 aromatic carbocycles. The first-order valence-corrected chi connectivity index (χ1v) is 9.60. The van der Waals surface area contributed by atoms with Gasteiger partial charge in [0.05, 0.1) is 7.11 Å². The molecule has 0 spiro atoms. The fourth-order valence-electron chi connectivity index (χ4n) is 3.26. The molecule has 1 amide bonds. The van der Waals surface area contributed by atoms with Crippen LogP contribution in [0.2, 0.25) is 0 Å². The number of hydrogen-bond donors (Lipinski definition) is 1. The van der Waals surface area contributed by atoms with Crippen LogP contribution in [0.4, 0.5) is 5.82 Å². The van der Waals surface area contributed by atoms with Gasteiger partial charge in [-0.05, 0) is 49.2 Å². The lowest BCUT2D eigenvalue weighted by atomic mass is 9.98. The Balaban J connectivity index is 1.98. The number of nitrogens with zero attached hydrogens (tertiary/aromatic N) is 2. The number of rotatable bonds is 8. The molecular weight excluding hydrogens is 338 g/mol. The maximum Gasteiger partial charge on any atom is 0.228 e. The van der Waals surface area contributed by atoms with Crippen molar-refractivity contribution < 1.29 is 9.53 Å². The SMILES string of the molecule is CCCC[C@H](CC)C(=O)Nc1c(-c2ccc(OC)cc2)nc2ccccn12. The highest BCUT2D eigenvalue weighted by atomic mass is 16.5. The van der Waals surface area contributed by atoms with Gasteiger partial charge < -0.3 is 10.1 Å². The summed E-state index contributed by atoms with van der Waals surface area (Å²) in [5.74, 6) is 1.59. The Hall–Kier alpha value is -2.82. The summed E-state index contributed by atoms with van der Waals surface area (Å²) in [6.07, 6.45) is 5.83. The Morgan fingerprint density at radius 2 is 1.96 bits per heavy atom. The van der Waals surface area contributed by atoms with Gasteiger partial charge in [0.25, 0.3) is 0 Å². The summed E-state index contributed by atoms with van der Waals surface area (Å²) in [5, 5.41) is 3.15. The number of ether oxygens (including phenoxy) is 1. The van der Waals surface area contributed by atoms with Crippen LogP contribution in [0.25, 0.3) is 16.9 Å². The molecule has 0 aliphatic carbocycles. The van der Waals surface area contributed by atoms with Gasteiger partial charge in [-0.3, -0.25) is 9.20 Å². The molecule has 0 saturated heterocycles. The van der Waals surface area contributed by atoms with Gasteiger partial charge in [0.2, 0.25) is 5.91 Å². The molecule has 2 aromatic heterocycles. The topological polar surface area (TPSA) is 55.6 Å². The van der Waals surface area contributed by atoms with Gasteiger partial charge in [-0.15, -0.1) is 0 Å². The van der Waals surface area contributed by atoms with Gasteiger partial charge in [-0.2, -0.15) is 0 Å². The molecule has 0 aliphatic heterocycles. The molecule has 0 fully saturated rings. The Labute approximate surface area is 160 Å². The van der Waals surface area contributed by atoms with Gasteiger partial charge in [-0.1, -0.05) is 32.8 Å². The highest BCUT2D eigenvalue weighted by Gasteiger charge is 2.21. The maximum atomic E-state index is 12.9. The normalized spacial score (nSPS) is 12.1. The van der Waals surface area contributed by atoms with Crippen molar-refractivity contribution in [1.82, 2.24) is 9.38 Å². The zero-order valence-corrected chi connectivity index (χ0v) is 16.2. The first-order valence-electron chi connectivity index (χ1n) is 9.60. The number of carbonyl (C=O) groups is 1. The number of anilines is 1. The molecule has 5 nitrogen and oxygen atoms in total. The monoisotopic (exact) mass is 365 g/mol. The van der Waals surface area contributed by atoms with Gasteiger partial charge in [0, 0.05) is 17.7 Å². The summed E-state index contributed by atoms with van der Waals surface area (Å²) in [5.41, 5.74) is 2.51. The minimum Gasteiger partial charge on any atom is -0.497 e. The predicted molar refractivity (Wildman–Crippen MR) is 109 cm³/mol. The standard InChI is InChI=1S/C22H27N3O2/c1-4-6-9-16(5-2)22(26)24-21-20(17-11-13-18(27-3)14-12-17)23-19-10-7-8-15-25(19)21/h7-8,10-16H,4-6,9H2,1-3H3,(H,24,26)/t16-/m0/s1. The minimum absolute atomic E-state index is 0.0166. The van der Waals surface area contributed by atoms with Crippen LogP contribution < -0.4 is 10.1 Å². The Kier molecular flexibility index (Phi) is 6.12. The van der Waals surface area contributed by atoms with Crippen LogP contribution >= 0.6 is 0 Å². The molecule has 0 radical (unpaired) electrons. The zero-order chi connectivity index (χ0) is 19.2. The number of imidazole rings is 1. The van der Waals surface area contributed by atoms with E-state index in [9.17, 15) is 4.79 Å². The third kappa shape index (κ3) is 4.13. The van der Waals surface area contributed by atoms with E-state index in [1.807, 2.05) is 53.1 Å². The van der Waals surface area contributed by atoms with Gasteiger partial charge in [0.15, 0.2) is 0 Å². The van der Waals surface area contributed by atoms with Crippen molar-refractivity contribution in [3.63, 3.8) is 0 Å². The van der Waals surface area contributed by atoms with Crippen LogP contribution in [0.1, 0.15) is 39.5 Å². The van der Waals surface area contributed by atoms with Crippen molar-refractivity contribution in [2.75, 3.05) is 12.4 Å².